The van der Waals surface area contributed by atoms with E-state index in [2.05, 4.69) is 8.83 Å². The van der Waals surface area contributed by atoms with Crippen LogP contribution in [0.2, 0.25) is 0 Å². The van der Waals surface area contributed by atoms with Gasteiger partial charge in [-0.25, -0.2) is 0 Å². The molecule has 0 aliphatic rings. The predicted molar refractivity (Wildman–Crippen MR) is 70.6 cm³/mol. The molecular weight excluding hydrogens is 586 g/mol. The number of nitrogens with zero attached hydrogens (tertiary/aromatic N) is 1. The Morgan fingerprint density at radius 1 is 0.733 bits per heavy atom. The van der Waals surface area contributed by atoms with E-state index in [0.29, 0.717) is 11.0 Å². The molecule has 16 nitrogen and oxygen atoms in total. The normalized spacial score (nSPS) is 11.1. The maximum atomic E-state index is 9.96. The molecule has 0 aliphatic carbocycles. The Bertz CT molecular complexity index is 543. The molecule has 0 heterocycles. The van der Waals surface area contributed by atoms with Gasteiger partial charge in [0.1, 0.15) is 13.2 Å². The van der Waals surface area contributed by atoms with E-state index < -0.39 is 31.3 Å². The van der Waals surface area contributed by atoms with Crippen LogP contribution >= 0.6 is 31.3 Å². The standard InChI is InChI=1S/C5H14NO4P.Ca.K.3Na.H4O7P2.H3O4P/c1-6(2,3)4-5-10-11(7,8)9;;;;;;1-8(2,3)7-9(4,5)6;1-5(2,3)4/h4-5H2,1-3H3,(H-,7,8,9);;;;;;(H2,1,2,3)(H2,4,5,6);(H3,1,2,3,4)/q;+2;4*+1;;/p-6. The SMILES string of the molecule is C[N+](C)(C)CCOP(=O)([O-])[O-].O=P([O-])(O)O.O=P([O-])([O-])OP(=O)([O-])[O-].[Ca+2].[K+].[Na+].[Na+].[Na+]. The minimum atomic E-state index is -5.68. The van der Waals surface area contributed by atoms with Crippen LogP contribution in [0.25, 0.3) is 0 Å². The first-order valence-corrected chi connectivity index (χ1v) is 11.3. The van der Waals surface area contributed by atoms with Gasteiger partial charge in [0, 0.05) is 0 Å². The Morgan fingerprint density at radius 3 is 1.07 bits per heavy atom. The monoisotopic (exact) mass is 601 g/mol. The minimum Gasteiger partial charge on any atom is -0.790 e. The third-order valence-corrected chi connectivity index (χ3v) is 3.31. The maximum absolute atomic E-state index is 9.96. The third kappa shape index (κ3) is 92.3. The first-order valence-electron chi connectivity index (χ1n) is 5.40. The fourth-order valence-electron chi connectivity index (χ4n) is 0.549. The van der Waals surface area contributed by atoms with Gasteiger partial charge < -0.3 is 71.1 Å². The van der Waals surface area contributed by atoms with Gasteiger partial charge in [-0.1, -0.05) is 0 Å². The van der Waals surface area contributed by atoms with E-state index >= 15 is 0 Å². The van der Waals surface area contributed by atoms with Crippen LogP contribution in [-0.2, 0) is 27.1 Å². The van der Waals surface area contributed by atoms with Crippen molar-refractivity contribution in [3.63, 3.8) is 0 Å². The van der Waals surface area contributed by atoms with Gasteiger partial charge in [0.15, 0.2) is 0 Å². The number of rotatable bonds is 6. The van der Waals surface area contributed by atoms with Gasteiger partial charge >= 0.3 is 178 Å². The Labute approximate surface area is 312 Å². The molecule has 0 aliphatic heterocycles. The molecule has 0 saturated heterocycles. The molecule has 0 radical (unpaired) electrons. The summed E-state index contributed by atoms with van der Waals surface area (Å²) in [6.45, 7) is 0.447. The summed E-state index contributed by atoms with van der Waals surface area (Å²) in [7, 11) is -15.4. The van der Waals surface area contributed by atoms with Gasteiger partial charge in [-0.15, -0.1) is 0 Å². The summed E-state index contributed by atoms with van der Waals surface area (Å²) in [6, 6.07) is 0. The molecule has 0 atom stereocenters. The van der Waals surface area contributed by atoms with Crippen molar-refractivity contribution in [2.75, 3.05) is 34.3 Å². The first-order chi connectivity index (χ1) is 10.4. The Hall–Kier alpha value is 6.34. The van der Waals surface area contributed by atoms with Gasteiger partial charge in [-0.05, 0) is 0 Å². The topological polar surface area (TPSA) is 289 Å². The fraction of sp³-hybridized carbons (Fsp3) is 1.00. The number of hydrogen-bond donors (Lipinski definition) is 2. The van der Waals surface area contributed by atoms with Crippen molar-refractivity contribution >= 4 is 69.0 Å². The van der Waals surface area contributed by atoms with E-state index in [0.717, 1.165) is 0 Å². The maximum Gasteiger partial charge on any atom is 2.00 e. The molecule has 0 spiro atoms. The van der Waals surface area contributed by atoms with E-state index in [1.807, 2.05) is 21.1 Å². The first kappa shape index (κ1) is 56.5. The molecule has 0 saturated carbocycles. The van der Waals surface area contributed by atoms with Gasteiger partial charge in [0.2, 0.25) is 0 Å². The Kier molecular flexibility index (Phi) is 48.2. The van der Waals surface area contributed by atoms with Gasteiger partial charge in [0.25, 0.3) is 7.82 Å². The summed E-state index contributed by atoms with van der Waals surface area (Å²) in [5.74, 6) is 0. The van der Waals surface area contributed by atoms with Crippen LogP contribution in [0.15, 0.2) is 0 Å². The zero-order valence-corrected chi connectivity index (χ0v) is 32.5. The summed E-state index contributed by atoms with van der Waals surface area (Å²) < 4.78 is 44.5. The van der Waals surface area contributed by atoms with Crippen LogP contribution in [0.3, 0.4) is 0 Å². The zero-order valence-electron chi connectivity index (χ0n) is 17.6. The van der Waals surface area contributed by atoms with Crippen molar-refractivity contribution in [3.8, 4) is 0 Å². The minimum absolute atomic E-state index is 0. The molecule has 0 aromatic heterocycles. The number of hydrogen-bond acceptors (Lipinski definition) is 13. The van der Waals surface area contributed by atoms with E-state index in [1.165, 1.54) is 0 Å². The molecule has 0 aromatic carbocycles. The van der Waals surface area contributed by atoms with Crippen LogP contribution in [0, 0.1) is 0 Å². The third-order valence-electron chi connectivity index (χ3n) is 1.21. The smallest absolute Gasteiger partial charge is 0.790 e. The molecule has 0 bridgehead atoms. The molecule has 0 fully saturated rings. The van der Waals surface area contributed by atoms with Crippen LogP contribution in [0.1, 0.15) is 0 Å². The second-order valence-corrected chi connectivity index (χ2v) is 9.34. The molecule has 25 heteroatoms. The summed E-state index contributed by atoms with van der Waals surface area (Å²) in [6.07, 6.45) is 0. The van der Waals surface area contributed by atoms with Crippen molar-refractivity contribution in [2.24, 2.45) is 0 Å². The van der Waals surface area contributed by atoms with Gasteiger partial charge in [0.05, 0.1) is 44.6 Å². The quantitative estimate of drug-likeness (QED) is 0.162. The number of phosphoric acid groups is 4. The average Bonchev–Trinajstić information content (AvgIpc) is 2.02. The van der Waals surface area contributed by atoms with Crippen molar-refractivity contribution in [1.29, 1.82) is 0 Å². The van der Waals surface area contributed by atoms with E-state index in [-0.39, 0.29) is 184 Å². The molecule has 0 rings (SSSR count). The summed E-state index contributed by atoms with van der Waals surface area (Å²) in [5, 5.41) is 0. The molecule has 0 unspecified atom stereocenters. The Morgan fingerprint density at radius 2 is 0.967 bits per heavy atom. The van der Waals surface area contributed by atoms with Crippen LogP contribution in [-0.4, -0.2) is 86.3 Å². The van der Waals surface area contributed by atoms with Crippen molar-refractivity contribution in [3.05, 3.63) is 0 Å². The number of quaternary nitrogens is 1. The molecule has 156 valence electrons. The van der Waals surface area contributed by atoms with Crippen LogP contribution in [0.4, 0.5) is 0 Å². The van der Waals surface area contributed by atoms with Crippen molar-refractivity contribution in [1.82, 2.24) is 0 Å². The van der Waals surface area contributed by atoms with Crippen LogP contribution < -0.4 is 174 Å². The van der Waals surface area contributed by atoms with E-state index in [4.69, 9.17) is 19.2 Å². The second kappa shape index (κ2) is 25.6. The average molecular weight is 601 g/mol. The van der Waals surface area contributed by atoms with Gasteiger partial charge in [-0.3, -0.25) is 4.57 Å². The van der Waals surface area contributed by atoms with Gasteiger partial charge in [-0.2, -0.15) is 0 Å². The predicted octanol–water partition coefficient (Wildman–Crippen LogP) is -18.7. The molecule has 0 aromatic rings. The summed E-state index contributed by atoms with van der Waals surface area (Å²) >= 11 is 0. The van der Waals surface area contributed by atoms with Crippen molar-refractivity contribution < 1.29 is 216 Å². The largest absolute Gasteiger partial charge is 2.00 e. The summed E-state index contributed by atoms with van der Waals surface area (Å²) in [4.78, 5) is 80.1. The number of phosphoric ester groups is 1. The summed E-state index contributed by atoms with van der Waals surface area (Å²) in [5.41, 5.74) is 0. The molecule has 0 amide bonds. The van der Waals surface area contributed by atoms with E-state index in [1.54, 1.807) is 0 Å². The van der Waals surface area contributed by atoms with E-state index in [9.17, 15) is 43.1 Å². The van der Waals surface area contributed by atoms with Crippen LogP contribution in [0.5, 0.6) is 0 Å². The molecular formula is C5H15CaKNNa3O15P4. The molecule has 30 heavy (non-hydrogen) atoms. The zero-order chi connectivity index (χ0) is 21.3. The fourth-order valence-corrected chi connectivity index (χ4v) is 1.83. The second-order valence-electron chi connectivity index (χ2n) is 4.76. The number of likely N-dealkylation sites (N-methyl/N-ethyl adjacent to an activating group) is 1. The Balaban J connectivity index is -0.0000000391. The van der Waals surface area contributed by atoms with Crippen molar-refractivity contribution in [2.45, 2.75) is 0 Å². The molecule has 2 N–H and O–H groups in total.